The third-order valence-electron chi connectivity index (χ3n) is 2.24. The Morgan fingerprint density at radius 2 is 2.14 bits per heavy atom. The van der Waals surface area contributed by atoms with E-state index in [0.29, 0.717) is 17.6 Å². The highest BCUT2D eigenvalue weighted by atomic mass is 79.9. The maximum atomic E-state index is 13.4. The Balaban J connectivity index is 2.50. The number of halogens is 2. The van der Waals surface area contributed by atoms with Crippen molar-refractivity contribution in [2.45, 2.75) is 12.8 Å². The Morgan fingerprint density at radius 3 is 2.79 bits per heavy atom. The molecule has 3 heteroatoms. The number of hydrogen-bond acceptors (Lipinski definition) is 1. The molecule has 14 heavy (non-hydrogen) atoms. The van der Waals surface area contributed by atoms with E-state index in [4.69, 9.17) is 0 Å². The maximum absolute atomic E-state index is 13.4. The van der Waals surface area contributed by atoms with E-state index in [1.165, 1.54) is 6.07 Å². The molecule has 0 N–H and O–H groups in total. The lowest BCUT2D eigenvalue weighted by Gasteiger charge is -2.03. The Morgan fingerprint density at radius 1 is 1.36 bits per heavy atom. The number of ketones is 1. The summed E-state index contributed by atoms with van der Waals surface area (Å²) < 4.78 is 14.2. The zero-order chi connectivity index (χ0) is 10.1. The molecule has 0 fully saturated rings. The van der Waals surface area contributed by atoms with Gasteiger partial charge in [-0.2, -0.15) is 0 Å². The summed E-state index contributed by atoms with van der Waals surface area (Å²) in [5.74, 6) is -0.309. The van der Waals surface area contributed by atoms with Gasteiger partial charge in [0.1, 0.15) is 5.82 Å². The van der Waals surface area contributed by atoms with E-state index in [2.05, 4.69) is 15.9 Å². The average Bonchev–Trinajstić information content (AvgIpc) is 2.56. The lowest BCUT2D eigenvalue weighted by Crippen LogP contribution is -1.97. The number of benzene rings is 1. The molecule has 0 atom stereocenters. The average molecular weight is 255 g/mol. The van der Waals surface area contributed by atoms with Crippen molar-refractivity contribution < 1.29 is 9.18 Å². The molecule has 1 nitrogen and oxygen atoms in total. The number of Topliss-reactive ketones (excluding diaryl/α,β-unsaturated/α-hetero) is 1. The van der Waals surface area contributed by atoms with Gasteiger partial charge in [0, 0.05) is 22.0 Å². The van der Waals surface area contributed by atoms with Gasteiger partial charge in [0.2, 0.25) is 0 Å². The zero-order valence-corrected chi connectivity index (χ0v) is 8.97. The van der Waals surface area contributed by atoms with Crippen LogP contribution in [0.4, 0.5) is 4.39 Å². The first-order valence-electron chi connectivity index (χ1n) is 4.37. The first-order chi connectivity index (χ1) is 6.68. The van der Waals surface area contributed by atoms with E-state index >= 15 is 0 Å². The molecule has 0 saturated carbocycles. The molecule has 1 aliphatic carbocycles. The molecule has 0 bridgehead atoms. The van der Waals surface area contributed by atoms with Crippen LogP contribution in [0.5, 0.6) is 0 Å². The van der Waals surface area contributed by atoms with E-state index in [1.54, 1.807) is 18.2 Å². The predicted molar refractivity (Wildman–Crippen MR) is 56.3 cm³/mol. The van der Waals surface area contributed by atoms with Crippen LogP contribution in [0.15, 0.2) is 28.7 Å². The lowest BCUT2D eigenvalue weighted by molar-refractivity contribution is -0.113. The Hall–Kier alpha value is -0.960. The summed E-state index contributed by atoms with van der Waals surface area (Å²) in [6.45, 7) is 0. The first-order valence-corrected chi connectivity index (χ1v) is 5.16. The fraction of sp³-hybridized carbons (Fsp3) is 0.182. The van der Waals surface area contributed by atoms with Gasteiger partial charge >= 0.3 is 0 Å². The molecule has 0 saturated heterocycles. The van der Waals surface area contributed by atoms with Gasteiger partial charge in [0.05, 0.1) is 0 Å². The van der Waals surface area contributed by atoms with Crippen molar-refractivity contribution in [1.82, 2.24) is 0 Å². The van der Waals surface area contributed by atoms with Crippen LogP contribution in [0, 0.1) is 5.82 Å². The molecule has 1 aromatic carbocycles. The Kier molecular flexibility index (Phi) is 2.50. The number of rotatable bonds is 1. The summed E-state index contributed by atoms with van der Waals surface area (Å²) in [5, 5.41) is 0. The van der Waals surface area contributed by atoms with Gasteiger partial charge in [0.25, 0.3) is 0 Å². The second kappa shape index (κ2) is 3.65. The third kappa shape index (κ3) is 1.64. The Bertz CT molecular complexity index is 423. The molecular weight excluding hydrogens is 247 g/mol. The van der Waals surface area contributed by atoms with Crippen molar-refractivity contribution in [3.8, 4) is 0 Å². The monoisotopic (exact) mass is 254 g/mol. The number of carbonyl (C=O) groups excluding carboxylic acids is 1. The summed E-state index contributed by atoms with van der Waals surface area (Å²) in [6, 6.07) is 4.63. The SMILES string of the molecule is O=C1CCC=C1c1cc(Br)ccc1F. The van der Waals surface area contributed by atoms with Gasteiger partial charge in [0.15, 0.2) is 5.78 Å². The first kappa shape index (κ1) is 9.59. The largest absolute Gasteiger partial charge is 0.294 e. The topological polar surface area (TPSA) is 17.1 Å². The van der Waals surface area contributed by atoms with E-state index in [0.717, 1.165) is 10.9 Å². The normalized spacial score (nSPS) is 15.9. The highest BCUT2D eigenvalue weighted by molar-refractivity contribution is 9.10. The van der Waals surface area contributed by atoms with Crippen molar-refractivity contribution in [3.05, 3.63) is 40.1 Å². The van der Waals surface area contributed by atoms with Crippen molar-refractivity contribution in [2.24, 2.45) is 0 Å². The molecular formula is C11H8BrFO. The summed E-state index contributed by atoms with van der Waals surface area (Å²) in [5.41, 5.74) is 0.922. The van der Waals surface area contributed by atoms with E-state index in [-0.39, 0.29) is 11.6 Å². The fourth-order valence-corrected chi connectivity index (χ4v) is 1.92. The number of allylic oxidation sites excluding steroid dienone is 2. The molecule has 1 aromatic rings. The van der Waals surface area contributed by atoms with E-state index in [1.807, 2.05) is 0 Å². The molecule has 2 rings (SSSR count). The van der Waals surface area contributed by atoms with Gasteiger partial charge in [-0.25, -0.2) is 4.39 Å². The minimum Gasteiger partial charge on any atom is -0.294 e. The summed E-state index contributed by atoms with van der Waals surface area (Å²) in [6.07, 6.45) is 3.02. The van der Waals surface area contributed by atoms with E-state index in [9.17, 15) is 9.18 Å². The molecule has 1 aliphatic rings. The highest BCUT2D eigenvalue weighted by Crippen LogP contribution is 2.28. The van der Waals surface area contributed by atoms with Gasteiger partial charge in [-0.1, -0.05) is 22.0 Å². The van der Waals surface area contributed by atoms with Gasteiger partial charge in [-0.05, 0) is 24.6 Å². The molecule has 0 aromatic heterocycles. The molecule has 0 spiro atoms. The van der Waals surface area contributed by atoms with Gasteiger partial charge in [-0.15, -0.1) is 0 Å². The smallest absolute Gasteiger partial charge is 0.163 e. The summed E-state index contributed by atoms with van der Waals surface area (Å²) in [4.78, 5) is 11.4. The van der Waals surface area contributed by atoms with Gasteiger partial charge in [-0.3, -0.25) is 4.79 Å². The van der Waals surface area contributed by atoms with Crippen LogP contribution in [-0.2, 0) is 4.79 Å². The van der Waals surface area contributed by atoms with Crippen molar-refractivity contribution >= 4 is 27.3 Å². The van der Waals surface area contributed by atoms with E-state index < -0.39 is 0 Å². The molecule has 0 radical (unpaired) electrons. The fourth-order valence-electron chi connectivity index (χ4n) is 1.56. The lowest BCUT2D eigenvalue weighted by atomic mass is 10.0. The van der Waals surface area contributed by atoms with Crippen LogP contribution in [0.1, 0.15) is 18.4 Å². The van der Waals surface area contributed by atoms with Crippen LogP contribution >= 0.6 is 15.9 Å². The number of hydrogen-bond donors (Lipinski definition) is 0. The van der Waals surface area contributed by atoms with Crippen LogP contribution in [0.3, 0.4) is 0 Å². The van der Waals surface area contributed by atoms with Crippen molar-refractivity contribution in [2.75, 3.05) is 0 Å². The second-order valence-electron chi connectivity index (χ2n) is 3.20. The van der Waals surface area contributed by atoms with Crippen molar-refractivity contribution in [1.29, 1.82) is 0 Å². The minimum absolute atomic E-state index is 0.0296. The summed E-state index contributed by atoms with van der Waals surface area (Å²) in [7, 11) is 0. The molecule has 0 aliphatic heterocycles. The summed E-state index contributed by atoms with van der Waals surface area (Å²) >= 11 is 3.26. The maximum Gasteiger partial charge on any atom is 0.163 e. The van der Waals surface area contributed by atoms with Crippen LogP contribution < -0.4 is 0 Å². The standard InChI is InChI=1S/C11H8BrFO/c12-7-4-5-10(13)9(6-7)8-2-1-3-11(8)14/h2,4-6H,1,3H2. The van der Waals surface area contributed by atoms with Crippen molar-refractivity contribution in [3.63, 3.8) is 0 Å². The highest BCUT2D eigenvalue weighted by Gasteiger charge is 2.19. The predicted octanol–water partition coefficient (Wildman–Crippen LogP) is 3.33. The molecule has 0 amide bonds. The van der Waals surface area contributed by atoms with Gasteiger partial charge < -0.3 is 0 Å². The zero-order valence-electron chi connectivity index (χ0n) is 7.39. The quantitative estimate of drug-likeness (QED) is 0.752. The molecule has 72 valence electrons. The molecule has 0 heterocycles. The van der Waals surface area contributed by atoms with Crippen LogP contribution in [-0.4, -0.2) is 5.78 Å². The van der Waals surface area contributed by atoms with Crippen LogP contribution in [0.25, 0.3) is 5.57 Å². The minimum atomic E-state index is -0.338. The Labute approximate surface area is 89.8 Å². The number of carbonyl (C=O) groups is 1. The third-order valence-corrected chi connectivity index (χ3v) is 2.73. The molecule has 0 unspecified atom stereocenters. The second-order valence-corrected chi connectivity index (χ2v) is 4.12. The van der Waals surface area contributed by atoms with Crippen LogP contribution in [0.2, 0.25) is 0 Å².